The van der Waals surface area contributed by atoms with E-state index in [1.807, 2.05) is 35.3 Å². The van der Waals surface area contributed by atoms with Crippen molar-refractivity contribution in [2.75, 3.05) is 13.2 Å². The van der Waals surface area contributed by atoms with Gasteiger partial charge in [-0.15, -0.1) is 0 Å². The van der Waals surface area contributed by atoms with E-state index in [1.54, 1.807) is 6.20 Å². The Morgan fingerprint density at radius 2 is 2.30 bits per heavy atom. The van der Waals surface area contributed by atoms with Crippen LogP contribution in [-0.2, 0) is 13.1 Å². The van der Waals surface area contributed by atoms with E-state index in [0.29, 0.717) is 11.6 Å². The maximum Gasteiger partial charge on any atom is 0.142 e. The third-order valence-electron chi connectivity index (χ3n) is 2.98. The Morgan fingerprint density at radius 1 is 1.40 bits per heavy atom. The zero-order valence-corrected chi connectivity index (χ0v) is 12.4. The molecule has 0 fully saturated rings. The van der Waals surface area contributed by atoms with Crippen LogP contribution in [0.4, 0.5) is 0 Å². The van der Waals surface area contributed by atoms with Gasteiger partial charge in [0, 0.05) is 31.0 Å². The molecule has 1 aromatic carbocycles. The molecular weight excluding hydrogens is 274 g/mol. The first-order valence-electron chi connectivity index (χ1n) is 6.88. The van der Waals surface area contributed by atoms with E-state index in [1.165, 1.54) is 0 Å². The number of imidazole rings is 1. The molecule has 0 bridgehead atoms. The highest BCUT2D eigenvalue weighted by molar-refractivity contribution is 6.32. The summed E-state index contributed by atoms with van der Waals surface area (Å²) in [7, 11) is 0. The molecule has 4 nitrogen and oxygen atoms in total. The topological polar surface area (TPSA) is 39.1 Å². The van der Waals surface area contributed by atoms with Crippen molar-refractivity contribution >= 4 is 11.6 Å². The van der Waals surface area contributed by atoms with Crippen molar-refractivity contribution in [1.29, 1.82) is 0 Å². The highest BCUT2D eigenvalue weighted by atomic mass is 35.5. The number of halogens is 1. The van der Waals surface area contributed by atoms with E-state index < -0.39 is 0 Å². The minimum atomic E-state index is 0.640. The molecule has 0 unspecified atom stereocenters. The maximum atomic E-state index is 6.22. The molecule has 0 atom stereocenters. The van der Waals surface area contributed by atoms with Gasteiger partial charge in [0.15, 0.2) is 0 Å². The number of hydrogen-bond acceptors (Lipinski definition) is 3. The predicted molar refractivity (Wildman–Crippen MR) is 81.2 cm³/mol. The summed E-state index contributed by atoms with van der Waals surface area (Å²) in [4.78, 5) is 4.01. The molecular formula is C15H20ClN3O. The van der Waals surface area contributed by atoms with Crippen LogP contribution >= 0.6 is 11.6 Å². The van der Waals surface area contributed by atoms with Gasteiger partial charge in [-0.25, -0.2) is 4.98 Å². The zero-order valence-electron chi connectivity index (χ0n) is 11.7. The van der Waals surface area contributed by atoms with Gasteiger partial charge in [-0.1, -0.05) is 30.7 Å². The van der Waals surface area contributed by atoms with Gasteiger partial charge in [-0.05, 0) is 19.0 Å². The number of nitrogens with one attached hydrogen (secondary N) is 1. The number of benzene rings is 1. The quantitative estimate of drug-likeness (QED) is 0.760. The first-order chi connectivity index (χ1) is 9.81. The molecule has 0 aliphatic carbocycles. The lowest BCUT2D eigenvalue weighted by Crippen LogP contribution is -2.13. The van der Waals surface area contributed by atoms with Crippen LogP contribution in [0.3, 0.4) is 0 Å². The molecule has 0 radical (unpaired) electrons. The molecule has 1 N–H and O–H groups in total. The van der Waals surface area contributed by atoms with E-state index in [0.717, 1.165) is 37.4 Å². The van der Waals surface area contributed by atoms with Crippen LogP contribution < -0.4 is 10.1 Å². The summed E-state index contributed by atoms with van der Waals surface area (Å²) < 4.78 is 7.89. The lowest BCUT2D eigenvalue weighted by Gasteiger charge is -2.13. The monoisotopic (exact) mass is 293 g/mol. The second-order valence-electron chi connectivity index (χ2n) is 4.51. The molecule has 0 aliphatic heterocycles. The molecule has 20 heavy (non-hydrogen) atoms. The molecule has 1 heterocycles. The lowest BCUT2D eigenvalue weighted by atomic mass is 10.2. The molecule has 0 amide bonds. The third-order valence-corrected chi connectivity index (χ3v) is 3.28. The molecule has 0 aliphatic rings. The smallest absolute Gasteiger partial charge is 0.142 e. The van der Waals surface area contributed by atoms with Crippen LogP contribution in [0, 0.1) is 0 Å². The van der Waals surface area contributed by atoms with Crippen molar-refractivity contribution in [1.82, 2.24) is 14.9 Å². The van der Waals surface area contributed by atoms with Gasteiger partial charge in [0.25, 0.3) is 0 Å². The Kier molecular flexibility index (Phi) is 5.89. The van der Waals surface area contributed by atoms with E-state index in [9.17, 15) is 0 Å². The van der Waals surface area contributed by atoms with Gasteiger partial charge in [-0.3, -0.25) is 0 Å². The normalized spacial score (nSPS) is 10.7. The van der Waals surface area contributed by atoms with Crippen LogP contribution in [0.2, 0.25) is 5.02 Å². The number of rotatable bonds is 8. The predicted octanol–water partition coefficient (Wildman–Crippen LogP) is 3.12. The van der Waals surface area contributed by atoms with Gasteiger partial charge in [0.05, 0.1) is 18.0 Å². The van der Waals surface area contributed by atoms with Crippen LogP contribution in [0.5, 0.6) is 5.75 Å². The SMILES string of the molecule is CCNCc1cccc(Cl)c1OCCCn1ccnc1. The van der Waals surface area contributed by atoms with Crippen molar-refractivity contribution in [3.05, 3.63) is 47.5 Å². The summed E-state index contributed by atoms with van der Waals surface area (Å²) in [5, 5.41) is 3.96. The number of para-hydroxylation sites is 1. The van der Waals surface area contributed by atoms with Crippen LogP contribution in [0.1, 0.15) is 18.9 Å². The highest BCUT2D eigenvalue weighted by Crippen LogP contribution is 2.28. The van der Waals surface area contributed by atoms with Crippen molar-refractivity contribution in [3.8, 4) is 5.75 Å². The van der Waals surface area contributed by atoms with E-state index in [-0.39, 0.29) is 0 Å². The first-order valence-corrected chi connectivity index (χ1v) is 7.25. The Bertz CT molecular complexity index is 514. The summed E-state index contributed by atoms with van der Waals surface area (Å²) in [6.07, 6.45) is 6.46. The lowest BCUT2D eigenvalue weighted by molar-refractivity contribution is 0.298. The molecule has 5 heteroatoms. The Morgan fingerprint density at radius 3 is 3.05 bits per heavy atom. The van der Waals surface area contributed by atoms with E-state index >= 15 is 0 Å². The Hall–Kier alpha value is -1.52. The number of aromatic nitrogens is 2. The van der Waals surface area contributed by atoms with Crippen LogP contribution in [0.15, 0.2) is 36.9 Å². The van der Waals surface area contributed by atoms with Gasteiger partial charge < -0.3 is 14.6 Å². The van der Waals surface area contributed by atoms with Gasteiger partial charge in [-0.2, -0.15) is 0 Å². The van der Waals surface area contributed by atoms with E-state index in [4.69, 9.17) is 16.3 Å². The minimum absolute atomic E-state index is 0.640. The summed E-state index contributed by atoms with van der Waals surface area (Å²) in [5.41, 5.74) is 1.10. The van der Waals surface area contributed by atoms with E-state index in [2.05, 4.69) is 17.2 Å². The molecule has 2 rings (SSSR count). The average Bonchev–Trinajstić information content (AvgIpc) is 2.96. The molecule has 108 valence electrons. The number of hydrogen-bond donors (Lipinski definition) is 1. The fourth-order valence-electron chi connectivity index (χ4n) is 1.95. The highest BCUT2D eigenvalue weighted by Gasteiger charge is 2.07. The number of aryl methyl sites for hydroxylation is 1. The van der Waals surface area contributed by atoms with Crippen LogP contribution in [0.25, 0.3) is 0 Å². The van der Waals surface area contributed by atoms with Crippen LogP contribution in [-0.4, -0.2) is 22.7 Å². The third kappa shape index (κ3) is 4.25. The number of ether oxygens (including phenoxy) is 1. The van der Waals surface area contributed by atoms with Gasteiger partial charge in [0.2, 0.25) is 0 Å². The molecule has 1 aromatic heterocycles. The average molecular weight is 294 g/mol. The fourth-order valence-corrected chi connectivity index (χ4v) is 2.20. The number of nitrogens with zero attached hydrogens (tertiary/aromatic N) is 2. The van der Waals surface area contributed by atoms with Gasteiger partial charge >= 0.3 is 0 Å². The second-order valence-corrected chi connectivity index (χ2v) is 4.92. The largest absolute Gasteiger partial charge is 0.492 e. The molecule has 0 spiro atoms. The minimum Gasteiger partial charge on any atom is -0.492 e. The summed E-state index contributed by atoms with van der Waals surface area (Å²) in [6.45, 7) is 5.31. The fraction of sp³-hybridized carbons (Fsp3) is 0.400. The molecule has 0 saturated carbocycles. The van der Waals surface area contributed by atoms with Crippen molar-refractivity contribution in [2.24, 2.45) is 0 Å². The zero-order chi connectivity index (χ0) is 14.2. The molecule has 0 saturated heterocycles. The summed E-state index contributed by atoms with van der Waals surface area (Å²) in [6, 6.07) is 5.86. The van der Waals surface area contributed by atoms with Crippen molar-refractivity contribution in [3.63, 3.8) is 0 Å². The standard InChI is InChI=1S/C15H20ClN3O/c1-2-17-11-13-5-3-6-14(16)15(13)20-10-4-8-19-9-7-18-12-19/h3,5-7,9,12,17H,2,4,8,10-11H2,1H3. The Labute approximate surface area is 124 Å². The van der Waals surface area contributed by atoms with Gasteiger partial charge in [0.1, 0.15) is 5.75 Å². The maximum absolute atomic E-state index is 6.22. The molecule has 2 aromatic rings. The second kappa shape index (κ2) is 7.92. The van der Waals surface area contributed by atoms with Crippen molar-refractivity contribution < 1.29 is 4.74 Å². The van der Waals surface area contributed by atoms with Crippen molar-refractivity contribution in [2.45, 2.75) is 26.4 Å². The summed E-state index contributed by atoms with van der Waals surface area (Å²) >= 11 is 6.22. The summed E-state index contributed by atoms with van der Waals surface area (Å²) in [5.74, 6) is 0.792. The Balaban J connectivity index is 1.87. The first kappa shape index (κ1) is 14.9.